The first-order valence-electron chi connectivity index (χ1n) is 11.6. The van der Waals surface area contributed by atoms with Gasteiger partial charge in [0.1, 0.15) is 0 Å². The Balaban J connectivity index is 1.58. The molecule has 5 nitrogen and oxygen atoms in total. The number of hydrogen-bond acceptors (Lipinski definition) is 3. The Hall–Kier alpha value is -2.40. The summed E-state index contributed by atoms with van der Waals surface area (Å²) >= 11 is 6.55. The molecule has 1 aromatic heterocycles. The summed E-state index contributed by atoms with van der Waals surface area (Å²) in [6.07, 6.45) is 8.72. The van der Waals surface area contributed by atoms with Gasteiger partial charge in [0, 0.05) is 5.56 Å². The third kappa shape index (κ3) is 3.61. The average Bonchev–Trinajstić information content (AvgIpc) is 3.55. The van der Waals surface area contributed by atoms with E-state index >= 15 is 0 Å². The Bertz CT molecular complexity index is 1140. The molecule has 0 aliphatic heterocycles. The van der Waals surface area contributed by atoms with Gasteiger partial charge >= 0.3 is 5.97 Å². The van der Waals surface area contributed by atoms with E-state index in [1.807, 2.05) is 18.2 Å². The first-order chi connectivity index (χ1) is 15.3. The van der Waals surface area contributed by atoms with Crippen LogP contribution in [0.4, 0.5) is 0 Å². The highest BCUT2D eigenvalue weighted by molar-refractivity contribution is 6.34. The van der Waals surface area contributed by atoms with Crippen molar-refractivity contribution < 1.29 is 14.7 Å². The molecular formula is C26H29ClN2O3. The highest BCUT2D eigenvalue weighted by atomic mass is 35.5. The zero-order valence-corrected chi connectivity index (χ0v) is 19.4. The van der Waals surface area contributed by atoms with Gasteiger partial charge in [0.15, 0.2) is 0 Å². The van der Waals surface area contributed by atoms with E-state index < -0.39 is 11.4 Å². The van der Waals surface area contributed by atoms with Gasteiger partial charge in [0.2, 0.25) is 0 Å². The van der Waals surface area contributed by atoms with Crippen LogP contribution in [0.5, 0.6) is 0 Å². The number of carbonyl (C=O) groups excluding carboxylic acids is 1. The lowest BCUT2D eigenvalue weighted by molar-refractivity contribution is -0.148. The van der Waals surface area contributed by atoms with Crippen molar-refractivity contribution in [3.8, 4) is 0 Å². The molecule has 5 rings (SSSR count). The number of carboxylic acid groups (broad SMARTS) is 1. The number of carboxylic acids is 1. The first-order valence-corrected chi connectivity index (χ1v) is 12.0. The fourth-order valence-electron chi connectivity index (χ4n) is 5.19. The predicted octanol–water partition coefficient (Wildman–Crippen LogP) is 5.89. The molecule has 3 aliphatic rings. The number of hydrogen-bond donors (Lipinski definition) is 1. The molecule has 0 amide bonds. The van der Waals surface area contributed by atoms with Crippen LogP contribution < -0.4 is 0 Å². The second kappa shape index (κ2) is 7.87. The molecule has 1 fully saturated rings. The third-order valence-electron chi connectivity index (χ3n) is 7.55. The first kappa shape index (κ1) is 21.4. The summed E-state index contributed by atoms with van der Waals surface area (Å²) < 4.78 is 1.61. The van der Waals surface area contributed by atoms with Crippen molar-refractivity contribution in [3.05, 3.63) is 57.4 Å². The van der Waals surface area contributed by atoms with Crippen LogP contribution in [0, 0.1) is 11.3 Å². The summed E-state index contributed by atoms with van der Waals surface area (Å²) in [6.45, 7) is 4.02. The van der Waals surface area contributed by atoms with Gasteiger partial charge in [-0.25, -0.2) is 0 Å². The molecule has 168 valence electrons. The molecule has 0 radical (unpaired) electrons. The lowest BCUT2D eigenvalue weighted by Gasteiger charge is -2.28. The Morgan fingerprint density at radius 3 is 2.66 bits per heavy atom. The molecule has 1 heterocycles. The normalized spacial score (nSPS) is 25.2. The smallest absolute Gasteiger partial charge is 0.309 e. The summed E-state index contributed by atoms with van der Waals surface area (Å²) in [5.74, 6) is 0.00661. The number of carbonyl (C=O) groups is 2. The number of allylic oxidation sites excluding steroid dienone is 2. The summed E-state index contributed by atoms with van der Waals surface area (Å²) in [5.41, 5.74) is 5.00. The van der Waals surface area contributed by atoms with Crippen LogP contribution in [0.2, 0.25) is 5.02 Å². The summed E-state index contributed by atoms with van der Waals surface area (Å²) in [4.78, 5) is 25.5. The predicted molar refractivity (Wildman–Crippen MR) is 124 cm³/mol. The van der Waals surface area contributed by atoms with Gasteiger partial charge in [0.25, 0.3) is 5.91 Å². The molecule has 1 aromatic carbocycles. The third-order valence-corrected chi connectivity index (χ3v) is 7.87. The van der Waals surface area contributed by atoms with Crippen molar-refractivity contribution in [2.75, 3.05) is 0 Å². The Kier molecular flexibility index (Phi) is 5.28. The maximum atomic E-state index is 13.8. The van der Waals surface area contributed by atoms with E-state index in [1.165, 1.54) is 0 Å². The number of aromatic nitrogens is 2. The van der Waals surface area contributed by atoms with Gasteiger partial charge in [-0.2, -0.15) is 9.78 Å². The maximum Gasteiger partial charge on any atom is 0.309 e. The minimum absolute atomic E-state index is 0.138. The lowest BCUT2D eigenvalue weighted by atomic mass is 9.75. The fourth-order valence-corrected chi connectivity index (χ4v) is 5.45. The lowest BCUT2D eigenvalue weighted by Crippen LogP contribution is -2.29. The van der Waals surface area contributed by atoms with Crippen LogP contribution in [-0.4, -0.2) is 26.8 Å². The van der Waals surface area contributed by atoms with Gasteiger partial charge < -0.3 is 5.11 Å². The molecule has 0 spiro atoms. The number of aliphatic carboxylic acids is 1. The second-order valence-corrected chi connectivity index (χ2v) is 10.5. The number of nitrogens with zero attached hydrogens (tertiary/aromatic N) is 2. The standard InChI is InChI=1S/C26H29ClN2O3/c1-15-6-9-19-21(14-15)29(24(30)22-18(16-7-8-16)4-3-5-20(22)27)28-23(19)17-10-12-26(2,13-11-17)25(31)32/h3-5,10,15-16H,6-9,11-14H2,1-2H3,(H,31,32). The van der Waals surface area contributed by atoms with E-state index in [9.17, 15) is 14.7 Å². The molecule has 0 bridgehead atoms. The van der Waals surface area contributed by atoms with Crippen molar-refractivity contribution in [3.63, 3.8) is 0 Å². The van der Waals surface area contributed by atoms with Crippen LogP contribution in [0.25, 0.3) is 5.57 Å². The molecule has 2 unspecified atom stereocenters. The van der Waals surface area contributed by atoms with Gasteiger partial charge in [-0.1, -0.05) is 36.7 Å². The molecule has 2 aromatic rings. The Morgan fingerprint density at radius 2 is 2.00 bits per heavy atom. The van der Waals surface area contributed by atoms with Crippen LogP contribution in [-0.2, 0) is 17.6 Å². The summed E-state index contributed by atoms with van der Waals surface area (Å²) in [5, 5.41) is 14.9. The van der Waals surface area contributed by atoms with Crippen molar-refractivity contribution >= 4 is 29.1 Å². The average molecular weight is 453 g/mol. The molecule has 32 heavy (non-hydrogen) atoms. The topological polar surface area (TPSA) is 72.2 Å². The van der Waals surface area contributed by atoms with E-state index in [4.69, 9.17) is 16.7 Å². The zero-order chi connectivity index (χ0) is 22.6. The zero-order valence-electron chi connectivity index (χ0n) is 18.7. The van der Waals surface area contributed by atoms with E-state index in [0.717, 1.165) is 60.2 Å². The molecule has 2 atom stereocenters. The number of halogens is 1. The van der Waals surface area contributed by atoms with E-state index in [0.29, 0.717) is 41.7 Å². The summed E-state index contributed by atoms with van der Waals surface area (Å²) in [7, 11) is 0. The summed E-state index contributed by atoms with van der Waals surface area (Å²) in [6, 6.07) is 5.73. The maximum absolute atomic E-state index is 13.8. The van der Waals surface area contributed by atoms with E-state index in [2.05, 4.69) is 6.92 Å². The van der Waals surface area contributed by atoms with Crippen LogP contribution >= 0.6 is 11.6 Å². The molecule has 1 saturated carbocycles. The molecule has 0 saturated heterocycles. The monoisotopic (exact) mass is 452 g/mol. The van der Waals surface area contributed by atoms with E-state index in [-0.39, 0.29) is 5.91 Å². The quantitative estimate of drug-likeness (QED) is 0.628. The van der Waals surface area contributed by atoms with Crippen molar-refractivity contribution in [1.82, 2.24) is 9.78 Å². The van der Waals surface area contributed by atoms with Crippen LogP contribution in [0.1, 0.15) is 91.2 Å². The van der Waals surface area contributed by atoms with Crippen LogP contribution in [0.15, 0.2) is 24.3 Å². The molecule has 3 aliphatic carbocycles. The van der Waals surface area contributed by atoms with Crippen molar-refractivity contribution in [2.45, 2.75) is 71.1 Å². The highest BCUT2D eigenvalue weighted by Crippen LogP contribution is 2.44. The molecular weight excluding hydrogens is 424 g/mol. The fraction of sp³-hybridized carbons (Fsp3) is 0.500. The molecule has 1 N–H and O–H groups in total. The number of rotatable bonds is 4. The van der Waals surface area contributed by atoms with Crippen molar-refractivity contribution in [1.29, 1.82) is 0 Å². The largest absolute Gasteiger partial charge is 0.481 e. The van der Waals surface area contributed by atoms with Gasteiger partial charge in [-0.15, -0.1) is 0 Å². The minimum Gasteiger partial charge on any atom is -0.481 e. The van der Waals surface area contributed by atoms with Crippen molar-refractivity contribution in [2.24, 2.45) is 11.3 Å². The number of fused-ring (bicyclic) bond motifs is 1. The van der Waals surface area contributed by atoms with Crippen LogP contribution in [0.3, 0.4) is 0 Å². The Morgan fingerprint density at radius 1 is 1.22 bits per heavy atom. The highest BCUT2D eigenvalue weighted by Gasteiger charge is 2.37. The minimum atomic E-state index is -0.754. The van der Waals surface area contributed by atoms with Gasteiger partial charge in [-0.3, -0.25) is 9.59 Å². The SMILES string of the molecule is CC1CCc2c(C3=CCC(C)(C(=O)O)CC3)nn(C(=O)c3c(Cl)cccc3C3CC3)c2C1. The van der Waals surface area contributed by atoms with Gasteiger partial charge in [0.05, 0.1) is 27.4 Å². The van der Waals surface area contributed by atoms with Gasteiger partial charge in [-0.05, 0) is 87.3 Å². The number of benzene rings is 1. The molecule has 6 heteroatoms. The van der Waals surface area contributed by atoms with E-state index in [1.54, 1.807) is 17.7 Å². The second-order valence-electron chi connectivity index (χ2n) is 10.1. The Labute approximate surface area is 193 Å².